The zero-order valence-corrected chi connectivity index (χ0v) is 17.1. The molecule has 0 aliphatic rings. The van der Waals surface area contributed by atoms with Gasteiger partial charge in [0.1, 0.15) is 0 Å². The van der Waals surface area contributed by atoms with Crippen LogP contribution >= 0.6 is 0 Å². The van der Waals surface area contributed by atoms with Crippen molar-refractivity contribution in [3.63, 3.8) is 0 Å². The van der Waals surface area contributed by atoms with E-state index in [1.54, 1.807) is 0 Å². The Morgan fingerprint density at radius 3 is 2.17 bits per heavy atom. The lowest BCUT2D eigenvalue weighted by molar-refractivity contribution is 0.486. The van der Waals surface area contributed by atoms with Crippen LogP contribution in [0.4, 0.5) is 0 Å². The zero-order valence-electron chi connectivity index (χ0n) is 17.1. The van der Waals surface area contributed by atoms with E-state index in [0.717, 1.165) is 12.8 Å². The van der Waals surface area contributed by atoms with E-state index in [1.807, 2.05) is 0 Å². The summed E-state index contributed by atoms with van der Waals surface area (Å²) in [5.41, 5.74) is 5.53. The van der Waals surface area contributed by atoms with Crippen molar-refractivity contribution in [2.24, 2.45) is 7.05 Å². The topological polar surface area (TPSA) is 33.6 Å². The molecule has 0 aliphatic heterocycles. The predicted molar refractivity (Wildman–Crippen MR) is 105 cm³/mol. The minimum Gasteiger partial charge on any atom is -0.359 e. The molecule has 0 saturated heterocycles. The van der Waals surface area contributed by atoms with Crippen molar-refractivity contribution >= 4 is 10.9 Å². The number of aryl methyl sites for hydroxylation is 2. The summed E-state index contributed by atoms with van der Waals surface area (Å²) in [6.07, 6.45) is 7.35. The summed E-state index contributed by atoms with van der Waals surface area (Å²) in [7, 11) is 2.10. The Bertz CT molecular complexity index is 680. The Hall–Kier alpha value is -1.25. The van der Waals surface area contributed by atoms with Crippen LogP contribution in [0.2, 0.25) is 0 Å². The van der Waals surface area contributed by atoms with Crippen LogP contribution in [0.3, 0.4) is 0 Å². The number of hydrogen-bond acceptors (Lipinski definition) is 1. The van der Waals surface area contributed by atoms with Crippen molar-refractivity contribution in [1.29, 1.82) is 0 Å². The van der Waals surface area contributed by atoms with Crippen LogP contribution in [0.15, 0.2) is 0 Å². The molecule has 3 heteroatoms. The average Bonchev–Trinajstić information content (AvgIpc) is 3.03. The zero-order chi connectivity index (χ0) is 18.1. The maximum absolute atomic E-state index is 4.93. The molecule has 0 amide bonds. The summed E-state index contributed by atoms with van der Waals surface area (Å²) in [6, 6.07) is 0. The van der Waals surface area contributed by atoms with E-state index in [9.17, 15) is 0 Å². The smallest absolute Gasteiger partial charge is 0.0897 e. The Labute approximate surface area is 148 Å². The van der Waals surface area contributed by atoms with Gasteiger partial charge < -0.3 is 4.98 Å². The quantitative estimate of drug-likeness (QED) is 0.619. The maximum Gasteiger partial charge on any atom is 0.0897 e. The number of rotatable bonds is 7. The van der Waals surface area contributed by atoms with Crippen LogP contribution in [0.5, 0.6) is 0 Å². The SMILES string of the molecule is CCCCCCc1nn(C)c2c(C(C)(C)CC)[nH]c(C(C)(C)C)c12. The van der Waals surface area contributed by atoms with Crippen LogP contribution in [-0.4, -0.2) is 14.8 Å². The number of nitrogens with zero attached hydrogens (tertiary/aromatic N) is 2. The molecule has 0 spiro atoms. The van der Waals surface area contributed by atoms with Gasteiger partial charge in [-0.25, -0.2) is 0 Å². The van der Waals surface area contributed by atoms with Gasteiger partial charge in [-0.2, -0.15) is 5.10 Å². The Balaban J connectivity index is 2.58. The molecule has 0 aromatic carbocycles. The highest BCUT2D eigenvalue weighted by atomic mass is 15.3. The van der Waals surface area contributed by atoms with Gasteiger partial charge in [0.15, 0.2) is 0 Å². The fourth-order valence-corrected chi connectivity index (χ4v) is 3.50. The average molecular weight is 332 g/mol. The highest BCUT2D eigenvalue weighted by Crippen LogP contribution is 2.39. The van der Waals surface area contributed by atoms with E-state index >= 15 is 0 Å². The third-order valence-corrected chi connectivity index (χ3v) is 5.43. The summed E-state index contributed by atoms with van der Waals surface area (Å²) in [5.74, 6) is 0. The van der Waals surface area contributed by atoms with Gasteiger partial charge in [-0.15, -0.1) is 0 Å². The summed E-state index contributed by atoms with van der Waals surface area (Å²) in [5, 5.41) is 6.31. The normalized spacial score (nSPS) is 13.2. The summed E-state index contributed by atoms with van der Waals surface area (Å²) in [4.78, 5) is 3.82. The fourth-order valence-electron chi connectivity index (χ4n) is 3.50. The molecule has 0 fully saturated rings. The molecule has 24 heavy (non-hydrogen) atoms. The van der Waals surface area contributed by atoms with Gasteiger partial charge in [0.2, 0.25) is 0 Å². The monoisotopic (exact) mass is 331 g/mol. The first kappa shape index (κ1) is 19.1. The van der Waals surface area contributed by atoms with Crippen LogP contribution in [0.25, 0.3) is 10.9 Å². The van der Waals surface area contributed by atoms with Gasteiger partial charge in [0.05, 0.1) is 11.2 Å². The second-order valence-corrected chi connectivity index (χ2v) is 8.97. The van der Waals surface area contributed by atoms with Crippen LogP contribution in [0, 0.1) is 0 Å². The van der Waals surface area contributed by atoms with Crippen molar-refractivity contribution in [2.75, 3.05) is 0 Å². The molecule has 2 aromatic heterocycles. The Morgan fingerprint density at radius 1 is 0.958 bits per heavy atom. The van der Waals surface area contributed by atoms with Crippen molar-refractivity contribution in [3.8, 4) is 0 Å². The number of aromatic amines is 1. The molecule has 0 radical (unpaired) electrons. The number of hydrogen-bond donors (Lipinski definition) is 1. The summed E-state index contributed by atoms with van der Waals surface area (Å²) < 4.78 is 2.11. The standard InChI is InChI=1S/C21H37N3/c1-9-11-12-13-14-15-16-17(24(8)23-15)19(21(6,7)10-2)22-18(16)20(3,4)5/h22H,9-14H2,1-8H3. The first-order chi connectivity index (χ1) is 11.1. The molecular formula is C21H37N3. The number of unbranched alkanes of at least 4 members (excludes halogenated alkanes) is 3. The Kier molecular flexibility index (Phi) is 5.51. The molecule has 2 heterocycles. The molecule has 0 unspecified atom stereocenters. The number of aromatic nitrogens is 3. The van der Waals surface area contributed by atoms with E-state index in [0.29, 0.717) is 0 Å². The third kappa shape index (κ3) is 3.55. The van der Waals surface area contributed by atoms with E-state index < -0.39 is 0 Å². The lowest BCUT2D eigenvalue weighted by Crippen LogP contribution is -2.19. The summed E-state index contributed by atoms with van der Waals surface area (Å²) in [6.45, 7) is 16.1. The molecule has 0 aliphatic carbocycles. The minimum absolute atomic E-state index is 0.0987. The van der Waals surface area contributed by atoms with Crippen LogP contribution in [-0.2, 0) is 24.3 Å². The van der Waals surface area contributed by atoms with Crippen molar-refractivity contribution in [1.82, 2.24) is 14.8 Å². The molecule has 0 atom stereocenters. The predicted octanol–water partition coefficient (Wildman–Crippen LogP) is 6.01. The molecule has 0 bridgehead atoms. The van der Waals surface area contributed by atoms with Crippen molar-refractivity contribution in [3.05, 3.63) is 17.1 Å². The van der Waals surface area contributed by atoms with E-state index in [2.05, 4.69) is 65.2 Å². The number of H-pyrrole nitrogens is 1. The highest BCUT2D eigenvalue weighted by molar-refractivity contribution is 5.89. The first-order valence-electron chi connectivity index (χ1n) is 9.72. The van der Waals surface area contributed by atoms with Gasteiger partial charge in [-0.3, -0.25) is 4.68 Å². The van der Waals surface area contributed by atoms with Gasteiger partial charge in [0, 0.05) is 34.7 Å². The van der Waals surface area contributed by atoms with Gasteiger partial charge in [-0.05, 0) is 19.3 Å². The number of fused-ring (bicyclic) bond motifs is 1. The molecule has 2 rings (SSSR count). The minimum atomic E-state index is 0.0987. The lowest BCUT2D eigenvalue weighted by atomic mass is 9.86. The third-order valence-electron chi connectivity index (χ3n) is 5.43. The van der Waals surface area contributed by atoms with E-state index in [4.69, 9.17) is 5.10 Å². The number of nitrogens with one attached hydrogen (secondary N) is 1. The second kappa shape index (κ2) is 6.93. The maximum atomic E-state index is 4.93. The molecule has 136 valence electrons. The lowest BCUT2D eigenvalue weighted by Gasteiger charge is -2.23. The molecule has 0 saturated carbocycles. The Morgan fingerprint density at radius 2 is 1.62 bits per heavy atom. The first-order valence-corrected chi connectivity index (χ1v) is 9.72. The molecule has 2 aromatic rings. The molecular weight excluding hydrogens is 294 g/mol. The molecule has 3 nitrogen and oxygen atoms in total. The van der Waals surface area contributed by atoms with Crippen molar-refractivity contribution < 1.29 is 0 Å². The highest BCUT2D eigenvalue weighted by Gasteiger charge is 2.31. The van der Waals surface area contributed by atoms with Gasteiger partial charge in [-0.1, -0.05) is 67.7 Å². The van der Waals surface area contributed by atoms with Crippen LogP contribution in [0.1, 0.15) is 97.7 Å². The van der Waals surface area contributed by atoms with Crippen LogP contribution < -0.4 is 0 Å². The largest absolute Gasteiger partial charge is 0.359 e. The van der Waals surface area contributed by atoms with Crippen molar-refractivity contribution in [2.45, 2.75) is 97.8 Å². The molecule has 1 N–H and O–H groups in total. The van der Waals surface area contributed by atoms with Gasteiger partial charge in [0.25, 0.3) is 0 Å². The van der Waals surface area contributed by atoms with E-state index in [1.165, 1.54) is 53.7 Å². The second-order valence-electron chi connectivity index (χ2n) is 8.97. The van der Waals surface area contributed by atoms with E-state index in [-0.39, 0.29) is 10.8 Å². The summed E-state index contributed by atoms with van der Waals surface area (Å²) >= 11 is 0. The van der Waals surface area contributed by atoms with Gasteiger partial charge >= 0.3 is 0 Å². The fraction of sp³-hybridized carbons (Fsp3) is 0.762.